The minimum absolute atomic E-state index is 0.0374. The van der Waals surface area contributed by atoms with E-state index in [9.17, 15) is 9.59 Å². The van der Waals surface area contributed by atoms with Crippen LogP contribution in [-0.2, 0) is 9.59 Å². The van der Waals surface area contributed by atoms with Crippen molar-refractivity contribution in [1.82, 2.24) is 0 Å². The average Bonchev–Trinajstić information content (AvgIpc) is 2.54. The summed E-state index contributed by atoms with van der Waals surface area (Å²) in [7, 11) is 0. The average molecular weight is 338 g/mol. The van der Waals surface area contributed by atoms with Crippen molar-refractivity contribution >= 4 is 11.6 Å². The molecule has 2 fully saturated rings. The Labute approximate surface area is 151 Å². The molecule has 134 valence electrons. The number of hydrogen-bond acceptors (Lipinski definition) is 2. The SMILES string of the molecule is CC1=CC2C(CC[C@@]3(C)C2CCC(=O)C3(C)C)[C@@]2(C)C=CC(=O)C=C12. The van der Waals surface area contributed by atoms with Crippen LogP contribution >= 0.6 is 0 Å². The summed E-state index contributed by atoms with van der Waals surface area (Å²) in [5, 5.41) is 0. The van der Waals surface area contributed by atoms with Gasteiger partial charge >= 0.3 is 0 Å². The molecule has 4 aliphatic carbocycles. The van der Waals surface area contributed by atoms with Gasteiger partial charge in [-0.25, -0.2) is 0 Å². The molecule has 2 saturated carbocycles. The summed E-state index contributed by atoms with van der Waals surface area (Å²) < 4.78 is 0. The van der Waals surface area contributed by atoms with Gasteiger partial charge in [-0.2, -0.15) is 0 Å². The van der Waals surface area contributed by atoms with Gasteiger partial charge in [0.25, 0.3) is 0 Å². The molecule has 0 N–H and O–H groups in total. The van der Waals surface area contributed by atoms with Crippen LogP contribution in [0.25, 0.3) is 0 Å². The first-order valence-electron chi connectivity index (χ1n) is 9.79. The zero-order valence-electron chi connectivity index (χ0n) is 16.2. The number of hydrogen-bond donors (Lipinski definition) is 0. The topological polar surface area (TPSA) is 34.1 Å². The van der Waals surface area contributed by atoms with E-state index in [1.807, 2.05) is 6.08 Å². The zero-order chi connectivity index (χ0) is 18.2. The fourth-order valence-corrected chi connectivity index (χ4v) is 6.61. The molecular weight excluding hydrogens is 308 g/mol. The van der Waals surface area contributed by atoms with E-state index in [4.69, 9.17) is 0 Å². The maximum absolute atomic E-state index is 12.7. The molecule has 2 nitrogen and oxygen atoms in total. The van der Waals surface area contributed by atoms with E-state index in [0.29, 0.717) is 23.5 Å². The molecule has 4 aliphatic rings. The van der Waals surface area contributed by atoms with Crippen LogP contribution in [0.2, 0.25) is 0 Å². The van der Waals surface area contributed by atoms with Gasteiger partial charge in [0.2, 0.25) is 0 Å². The van der Waals surface area contributed by atoms with E-state index >= 15 is 0 Å². The van der Waals surface area contributed by atoms with Gasteiger partial charge in [-0.05, 0) is 67.1 Å². The zero-order valence-corrected chi connectivity index (χ0v) is 16.2. The van der Waals surface area contributed by atoms with Crippen LogP contribution in [0.5, 0.6) is 0 Å². The van der Waals surface area contributed by atoms with Gasteiger partial charge in [-0.3, -0.25) is 9.59 Å². The van der Waals surface area contributed by atoms with Crippen molar-refractivity contribution in [3.63, 3.8) is 0 Å². The lowest BCUT2D eigenvalue weighted by molar-refractivity contribution is -0.154. The molecule has 0 aliphatic heterocycles. The standard InChI is InChI=1S/C23H30O2/c1-14-12-16-17(22(4)10-8-15(24)13-19(14)22)9-11-23(5)18(16)6-7-20(25)21(23,2)3/h8,10,12-13,16-18H,6-7,9,11H2,1-5H3/t16?,17?,18?,22-,23+/m1/s1. The molecule has 0 aromatic carbocycles. The molecule has 0 saturated heterocycles. The Morgan fingerprint density at radius 3 is 2.48 bits per heavy atom. The monoisotopic (exact) mass is 338 g/mol. The lowest BCUT2D eigenvalue weighted by Crippen LogP contribution is -2.58. The van der Waals surface area contributed by atoms with E-state index < -0.39 is 0 Å². The summed E-state index contributed by atoms with van der Waals surface area (Å²) in [4.78, 5) is 24.6. The number of rotatable bonds is 0. The van der Waals surface area contributed by atoms with E-state index in [1.165, 1.54) is 11.1 Å². The summed E-state index contributed by atoms with van der Waals surface area (Å²) in [6.45, 7) is 11.2. The van der Waals surface area contributed by atoms with E-state index in [1.54, 1.807) is 6.08 Å². The normalized spacial score (nSPS) is 45.1. The third-order valence-electron chi connectivity index (χ3n) is 8.63. The van der Waals surface area contributed by atoms with Crippen LogP contribution < -0.4 is 0 Å². The van der Waals surface area contributed by atoms with Gasteiger partial charge in [-0.1, -0.05) is 45.4 Å². The number of carbonyl (C=O) groups is 2. The first-order valence-corrected chi connectivity index (χ1v) is 9.79. The fourth-order valence-electron chi connectivity index (χ4n) is 6.61. The minimum atomic E-state index is -0.238. The first-order chi connectivity index (χ1) is 11.6. The van der Waals surface area contributed by atoms with Crippen molar-refractivity contribution in [3.05, 3.63) is 35.5 Å². The van der Waals surface area contributed by atoms with Crippen molar-refractivity contribution in [1.29, 1.82) is 0 Å². The lowest BCUT2D eigenvalue weighted by atomic mass is 9.41. The summed E-state index contributed by atoms with van der Waals surface area (Å²) in [5.41, 5.74) is 2.28. The number of Topliss-reactive ketones (excluding diaryl/α,β-unsaturated/α-hetero) is 1. The van der Waals surface area contributed by atoms with Gasteiger partial charge in [0.1, 0.15) is 5.78 Å². The third kappa shape index (κ3) is 2.03. The van der Waals surface area contributed by atoms with Gasteiger partial charge in [0.15, 0.2) is 5.78 Å². The predicted octanol–water partition coefficient (Wildman–Crippen LogP) is 5.06. The Hall–Kier alpha value is -1.44. The first kappa shape index (κ1) is 17.0. The van der Waals surface area contributed by atoms with Gasteiger partial charge in [-0.15, -0.1) is 0 Å². The van der Waals surface area contributed by atoms with Crippen molar-refractivity contribution in [3.8, 4) is 0 Å². The largest absolute Gasteiger partial charge is 0.299 e. The van der Waals surface area contributed by atoms with Gasteiger partial charge in [0, 0.05) is 17.3 Å². The van der Waals surface area contributed by atoms with Crippen molar-refractivity contribution < 1.29 is 9.59 Å². The molecule has 0 spiro atoms. The number of carbonyl (C=O) groups excluding carboxylic acids is 2. The Balaban J connectivity index is 1.82. The second kappa shape index (κ2) is 5.05. The van der Waals surface area contributed by atoms with Crippen LogP contribution in [0.1, 0.15) is 60.3 Å². The molecule has 0 radical (unpaired) electrons. The highest BCUT2D eigenvalue weighted by Gasteiger charge is 2.61. The van der Waals surface area contributed by atoms with E-state index in [2.05, 4.69) is 46.8 Å². The number of ketones is 2. The van der Waals surface area contributed by atoms with Gasteiger partial charge < -0.3 is 0 Å². The Kier molecular flexibility index (Phi) is 3.43. The van der Waals surface area contributed by atoms with E-state index in [0.717, 1.165) is 25.7 Å². The molecular formula is C23H30O2. The Bertz CT molecular complexity index is 750. The van der Waals surface area contributed by atoms with Crippen molar-refractivity contribution in [2.45, 2.75) is 60.3 Å². The third-order valence-corrected chi connectivity index (χ3v) is 8.63. The maximum atomic E-state index is 12.7. The molecule has 3 unspecified atom stereocenters. The summed E-state index contributed by atoms with van der Waals surface area (Å²) in [5.74, 6) is 2.15. The molecule has 0 aromatic heterocycles. The predicted molar refractivity (Wildman–Crippen MR) is 99.9 cm³/mol. The molecule has 2 heteroatoms. The van der Waals surface area contributed by atoms with Gasteiger partial charge in [0.05, 0.1) is 0 Å². The Morgan fingerprint density at radius 1 is 1.04 bits per heavy atom. The highest BCUT2D eigenvalue weighted by molar-refractivity contribution is 6.02. The smallest absolute Gasteiger partial charge is 0.178 e. The molecule has 4 rings (SSSR count). The molecule has 0 bridgehead atoms. The summed E-state index contributed by atoms with van der Waals surface area (Å²) in [6, 6.07) is 0. The van der Waals surface area contributed by atoms with E-state index in [-0.39, 0.29) is 22.0 Å². The number of allylic oxidation sites excluding steroid dienone is 6. The Morgan fingerprint density at radius 2 is 1.76 bits per heavy atom. The van der Waals surface area contributed by atoms with Crippen molar-refractivity contribution in [2.75, 3.05) is 0 Å². The van der Waals surface area contributed by atoms with Crippen LogP contribution in [-0.4, -0.2) is 11.6 Å². The second-order valence-corrected chi connectivity index (χ2v) is 9.76. The highest BCUT2D eigenvalue weighted by Crippen LogP contribution is 2.66. The second-order valence-electron chi connectivity index (χ2n) is 9.76. The molecule has 25 heavy (non-hydrogen) atoms. The molecule has 0 heterocycles. The highest BCUT2D eigenvalue weighted by atomic mass is 16.1. The fraction of sp³-hybridized carbons (Fsp3) is 0.652. The maximum Gasteiger partial charge on any atom is 0.178 e. The van der Waals surface area contributed by atoms with Crippen LogP contribution in [0, 0.1) is 34.0 Å². The summed E-state index contributed by atoms with van der Waals surface area (Å²) >= 11 is 0. The quantitative estimate of drug-likeness (QED) is 0.619. The van der Waals surface area contributed by atoms with Crippen LogP contribution in [0.4, 0.5) is 0 Å². The van der Waals surface area contributed by atoms with Crippen molar-refractivity contribution in [2.24, 2.45) is 34.0 Å². The molecule has 0 aromatic rings. The van der Waals surface area contributed by atoms with Crippen LogP contribution in [0.15, 0.2) is 35.5 Å². The molecule has 0 amide bonds. The lowest BCUT2D eigenvalue weighted by Gasteiger charge is -2.62. The summed E-state index contributed by atoms with van der Waals surface area (Å²) in [6.07, 6.45) is 12.2. The minimum Gasteiger partial charge on any atom is -0.299 e. The van der Waals surface area contributed by atoms with Crippen LogP contribution in [0.3, 0.4) is 0 Å². The molecule has 5 atom stereocenters. The number of fused-ring (bicyclic) bond motifs is 5.